The summed E-state index contributed by atoms with van der Waals surface area (Å²) in [7, 11) is 3.73. The van der Waals surface area contributed by atoms with Crippen molar-refractivity contribution < 1.29 is 20.4 Å². The summed E-state index contributed by atoms with van der Waals surface area (Å²) in [5.41, 5.74) is 3.48. The fourth-order valence-corrected chi connectivity index (χ4v) is 7.62. The molecule has 2 unspecified atom stereocenters. The maximum Gasteiger partial charge on any atom is 0.105 e. The molecule has 6 heteroatoms. The first-order valence-electron chi connectivity index (χ1n) is 13.1. The number of fused-ring (bicyclic) bond motifs is 4. The average Bonchev–Trinajstić information content (AvgIpc) is 3.09. The number of aliphatic hydroxyl groups excluding tert-OH is 3. The summed E-state index contributed by atoms with van der Waals surface area (Å²) in [5, 5.41) is 47.4. The van der Waals surface area contributed by atoms with Crippen molar-refractivity contribution in [2.24, 2.45) is 11.3 Å². The van der Waals surface area contributed by atoms with Crippen LogP contribution in [-0.4, -0.2) is 74.4 Å². The lowest BCUT2D eigenvalue weighted by molar-refractivity contribution is -0.0922. The molecule has 1 fully saturated rings. The number of benzene rings is 1. The van der Waals surface area contributed by atoms with Gasteiger partial charge in [-0.25, -0.2) is 0 Å². The number of aromatic nitrogens is 1. The van der Waals surface area contributed by atoms with E-state index in [1.54, 1.807) is 0 Å². The highest BCUT2D eigenvalue weighted by Crippen LogP contribution is 2.60. The van der Waals surface area contributed by atoms with Crippen molar-refractivity contribution in [2.45, 2.75) is 69.0 Å². The molecule has 0 amide bonds. The third-order valence-electron chi connectivity index (χ3n) is 9.58. The smallest absolute Gasteiger partial charge is 0.105 e. The normalized spacial score (nSPS) is 38.3. The Morgan fingerprint density at radius 1 is 1.08 bits per heavy atom. The zero-order chi connectivity index (χ0) is 25.4. The van der Waals surface area contributed by atoms with E-state index in [0.717, 1.165) is 17.4 Å². The quantitative estimate of drug-likeness (QED) is 0.518. The highest BCUT2D eigenvalue weighted by Gasteiger charge is 2.53. The molecule has 1 saturated carbocycles. The first-order chi connectivity index (χ1) is 17.1. The van der Waals surface area contributed by atoms with Crippen LogP contribution >= 0.6 is 0 Å². The fraction of sp³-hybridized carbons (Fsp3) is 0.500. The third-order valence-corrected chi connectivity index (χ3v) is 9.58. The lowest BCUT2D eigenvalue weighted by Crippen LogP contribution is -2.58. The number of pyridine rings is 1. The van der Waals surface area contributed by atoms with E-state index in [4.69, 9.17) is 0 Å². The van der Waals surface area contributed by atoms with Gasteiger partial charge in [-0.1, -0.05) is 42.8 Å². The maximum absolute atomic E-state index is 11.8. The minimum Gasteiger partial charge on any atom is -0.388 e. The predicted molar refractivity (Wildman–Crippen MR) is 140 cm³/mol. The summed E-state index contributed by atoms with van der Waals surface area (Å²) in [6.45, 7) is 2.27. The molecule has 1 heterocycles. The molecule has 4 aliphatic carbocycles. The minimum absolute atomic E-state index is 0.218. The van der Waals surface area contributed by atoms with E-state index in [-0.39, 0.29) is 17.4 Å². The van der Waals surface area contributed by atoms with Crippen molar-refractivity contribution >= 4 is 16.3 Å². The Morgan fingerprint density at radius 3 is 2.67 bits per heavy atom. The monoisotopic (exact) mass is 488 g/mol. The Bertz CT molecular complexity index is 1310. The van der Waals surface area contributed by atoms with Crippen molar-refractivity contribution in [1.82, 2.24) is 9.88 Å². The molecule has 0 radical (unpaired) electrons. The van der Waals surface area contributed by atoms with E-state index < -0.39 is 23.9 Å². The summed E-state index contributed by atoms with van der Waals surface area (Å²) in [6.07, 6.45) is 7.98. The Balaban J connectivity index is 1.40. The van der Waals surface area contributed by atoms with Gasteiger partial charge in [-0.3, -0.25) is 4.98 Å². The Hall–Kier alpha value is -2.35. The van der Waals surface area contributed by atoms with Gasteiger partial charge in [0.1, 0.15) is 6.10 Å². The molecule has 0 bridgehead atoms. The summed E-state index contributed by atoms with van der Waals surface area (Å²) < 4.78 is 0. The van der Waals surface area contributed by atoms with Crippen molar-refractivity contribution in [2.75, 3.05) is 14.1 Å². The van der Waals surface area contributed by atoms with Gasteiger partial charge in [0.15, 0.2) is 0 Å². The van der Waals surface area contributed by atoms with Crippen molar-refractivity contribution in [1.29, 1.82) is 0 Å². The number of rotatable bonds is 2. The summed E-state index contributed by atoms with van der Waals surface area (Å²) >= 11 is 0. The number of aliphatic hydroxyl groups is 4. The van der Waals surface area contributed by atoms with E-state index in [1.165, 1.54) is 22.1 Å². The zero-order valence-corrected chi connectivity index (χ0v) is 21.2. The van der Waals surface area contributed by atoms with Crippen LogP contribution in [-0.2, 0) is 0 Å². The Labute approximate surface area is 212 Å². The molecule has 2 aromatic rings. The molecule has 6 rings (SSSR count). The Kier molecular flexibility index (Phi) is 5.56. The van der Waals surface area contributed by atoms with E-state index in [0.29, 0.717) is 31.3 Å². The van der Waals surface area contributed by atoms with Gasteiger partial charge in [0, 0.05) is 29.2 Å². The number of hydrogen-bond acceptors (Lipinski definition) is 6. The fourth-order valence-electron chi connectivity index (χ4n) is 7.62. The first kappa shape index (κ1) is 24.0. The van der Waals surface area contributed by atoms with Gasteiger partial charge in [-0.15, -0.1) is 0 Å². The lowest BCUT2D eigenvalue weighted by atomic mass is 9.61. The van der Waals surface area contributed by atoms with Crippen LogP contribution in [0.5, 0.6) is 0 Å². The highest BCUT2D eigenvalue weighted by molar-refractivity contribution is 5.95. The molecule has 1 aromatic carbocycles. The van der Waals surface area contributed by atoms with Gasteiger partial charge in [-0.05, 0) is 85.9 Å². The predicted octanol–water partition coefficient (Wildman–Crippen LogP) is 3.21. The van der Waals surface area contributed by atoms with Gasteiger partial charge in [0.2, 0.25) is 0 Å². The topological polar surface area (TPSA) is 97.1 Å². The second-order valence-electron chi connectivity index (χ2n) is 11.7. The van der Waals surface area contributed by atoms with Gasteiger partial charge >= 0.3 is 0 Å². The van der Waals surface area contributed by atoms with Crippen LogP contribution in [0.4, 0.5) is 0 Å². The van der Waals surface area contributed by atoms with Crippen molar-refractivity contribution in [3.63, 3.8) is 0 Å². The average molecular weight is 489 g/mol. The van der Waals surface area contributed by atoms with Crippen LogP contribution in [0.1, 0.15) is 44.6 Å². The molecule has 4 N–H and O–H groups in total. The molecule has 190 valence electrons. The molecule has 0 saturated heterocycles. The molecule has 6 nitrogen and oxygen atoms in total. The molecular formula is C30H36N2O4. The number of likely N-dealkylation sites (N-methyl/N-ethyl adjacent to an activating group) is 1. The second-order valence-corrected chi connectivity index (χ2v) is 11.7. The number of hydrogen-bond donors (Lipinski definition) is 4. The SMILES string of the molecule is CN(C)[C@H]1C[C@]2(O)CCC3=C(C=C2[C@@H](O)[C@@H]1O)C(O)C[C@]1(C)C(c2cccc4cnccc24)=CCC31. The molecule has 36 heavy (non-hydrogen) atoms. The second kappa shape index (κ2) is 8.33. The first-order valence-corrected chi connectivity index (χ1v) is 13.1. The van der Waals surface area contributed by atoms with Crippen LogP contribution in [0.3, 0.4) is 0 Å². The molecular weight excluding hydrogens is 452 g/mol. The van der Waals surface area contributed by atoms with Crippen LogP contribution in [0.25, 0.3) is 16.3 Å². The molecule has 7 atom stereocenters. The largest absolute Gasteiger partial charge is 0.388 e. The standard InChI is InChI=1S/C30H36N2O4/c1-29-15-26(33)21-13-24-27(34)28(35)25(32(2)3)14-30(24,36)11-9-20(21)23(29)8-7-22(29)19-6-4-5-17-16-31-12-10-18(17)19/h4-7,10,12-13,16,23,25-28,33-36H,8-9,11,14-15H2,1-3H3/t23?,25-,26?,27+,28+,29+,30+/m0/s1. The third kappa shape index (κ3) is 3.39. The van der Waals surface area contributed by atoms with Gasteiger partial charge in [0.05, 0.1) is 17.8 Å². The van der Waals surface area contributed by atoms with E-state index in [2.05, 4.69) is 42.2 Å². The van der Waals surface area contributed by atoms with E-state index in [1.807, 2.05) is 37.5 Å². The van der Waals surface area contributed by atoms with Crippen LogP contribution in [0, 0.1) is 11.3 Å². The van der Waals surface area contributed by atoms with Crippen molar-refractivity contribution in [3.8, 4) is 0 Å². The summed E-state index contributed by atoms with van der Waals surface area (Å²) in [4.78, 5) is 6.16. The summed E-state index contributed by atoms with van der Waals surface area (Å²) in [6, 6.07) is 8.05. The molecule has 1 aromatic heterocycles. The number of nitrogens with zero attached hydrogens (tertiary/aromatic N) is 2. The van der Waals surface area contributed by atoms with E-state index in [9.17, 15) is 20.4 Å². The van der Waals surface area contributed by atoms with Crippen LogP contribution in [0.2, 0.25) is 0 Å². The molecule has 0 spiro atoms. The van der Waals surface area contributed by atoms with Crippen LogP contribution < -0.4 is 0 Å². The number of allylic oxidation sites excluding steroid dienone is 3. The Morgan fingerprint density at radius 2 is 1.89 bits per heavy atom. The van der Waals surface area contributed by atoms with Crippen molar-refractivity contribution in [3.05, 3.63) is 71.1 Å². The minimum atomic E-state index is -1.21. The lowest BCUT2D eigenvalue weighted by Gasteiger charge is -2.46. The van der Waals surface area contributed by atoms with Gasteiger partial charge in [-0.2, -0.15) is 0 Å². The van der Waals surface area contributed by atoms with Crippen LogP contribution in [0.15, 0.2) is 65.5 Å². The molecule has 0 aliphatic heterocycles. The highest BCUT2D eigenvalue weighted by atomic mass is 16.3. The summed E-state index contributed by atoms with van der Waals surface area (Å²) in [5.74, 6) is 0.218. The maximum atomic E-state index is 11.8. The van der Waals surface area contributed by atoms with Gasteiger partial charge in [0.25, 0.3) is 0 Å². The zero-order valence-electron chi connectivity index (χ0n) is 21.2. The van der Waals surface area contributed by atoms with Gasteiger partial charge < -0.3 is 25.3 Å². The molecule has 4 aliphatic rings. The van der Waals surface area contributed by atoms with E-state index >= 15 is 0 Å².